The first kappa shape index (κ1) is 16.8. The van der Waals surface area contributed by atoms with Gasteiger partial charge in [-0.05, 0) is 36.4 Å². The lowest BCUT2D eigenvalue weighted by Gasteiger charge is -2.32. The van der Waals surface area contributed by atoms with Gasteiger partial charge in [0, 0.05) is 6.42 Å². The van der Waals surface area contributed by atoms with Crippen molar-refractivity contribution in [3.8, 4) is 6.07 Å². The van der Waals surface area contributed by atoms with E-state index in [0.29, 0.717) is 24.6 Å². The van der Waals surface area contributed by atoms with Crippen LogP contribution in [0, 0.1) is 11.3 Å². The van der Waals surface area contributed by atoms with Crippen molar-refractivity contribution in [1.29, 1.82) is 5.26 Å². The van der Waals surface area contributed by atoms with Crippen LogP contribution in [0.3, 0.4) is 0 Å². The van der Waals surface area contributed by atoms with Gasteiger partial charge in [0.15, 0.2) is 5.82 Å². The highest BCUT2D eigenvalue weighted by molar-refractivity contribution is 7.13. The SMILES string of the molecule is N#Cc1ccc(C2=C3N=C(Cc4ccco4)COCN3c3ccccc3N2)s1. The quantitative estimate of drug-likeness (QED) is 0.718. The molecule has 1 N–H and O–H groups in total. The molecule has 0 fully saturated rings. The zero-order valence-corrected chi connectivity index (χ0v) is 15.7. The Balaban J connectivity index is 1.64. The van der Waals surface area contributed by atoms with E-state index in [1.54, 1.807) is 6.26 Å². The summed E-state index contributed by atoms with van der Waals surface area (Å²) in [6, 6.07) is 17.9. The molecule has 0 unspecified atom stereocenters. The number of para-hydroxylation sites is 2. The van der Waals surface area contributed by atoms with Crippen LogP contribution in [-0.2, 0) is 11.2 Å². The fraction of sp³-hybridized carbons (Fsp3) is 0.143. The third kappa shape index (κ3) is 2.99. The van der Waals surface area contributed by atoms with Crippen molar-refractivity contribution < 1.29 is 9.15 Å². The largest absolute Gasteiger partial charge is 0.469 e. The highest BCUT2D eigenvalue weighted by Gasteiger charge is 2.29. The molecule has 0 saturated heterocycles. The standard InChI is InChI=1S/C21H16N4O2S/c22-11-16-7-8-19(28-16)20-21-23-14(10-15-4-3-9-27-15)12-26-13-25(21)18-6-2-1-5-17(18)24-20/h1-9,24H,10,12-13H2. The molecule has 3 aromatic rings. The Morgan fingerprint density at radius 2 is 2.11 bits per heavy atom. The number of nitrogens with one attached hydrogen (secondary N) is 1. The molecule has 0 atom stereocenters. The topological polar surface area (TPSA) is 73.8 Å². The number of nitrogens with zero attached hydrogens (tertiary/aromatic N) is 3. The third-order valence-corrected chi connectivity index (χ3v) is 5.62. The summed E-state index contributed by atoms with van der Waals surface area (Å²) in [6.07, 6.45) is 2.26. The zero-order valence-electron chi connectivity index (χ0n) is 14.9. The van der Waals surface area contributed by atoms with Crippen LogP contribution >= 0.6 is 11.3 Å². The van der Waals surface area contributed by atoms with E-state index in [0.717, 1.165) is 39.2 Å². The van der Waals surface area contributed by atoms with Crippen molar-refractivity contribution in [3.63, 3.8) is 0 Å². The molecule has 6 nitrogen and oxygen atoms in total. The van der Waals surface area contributed by atoms with E-state index in [2.05, 4.69) is 16.3 Å². The molecule has 138 valence electrons. The van der Waals surface area contributed by atoms with E-state index in [4.69, 9.17) is 14.1 Å². The number of fused-ring (bicyclic) bond motifs is 3. The minimum atomic E-state index is 0.402. The van der Waals surface area contributed by atoms with Gasteiger partial charge in [-0.3, -0.25) is 4.90 Å². The van der Waals surface area contributed by atoms with Gasteiger partial charge in [0.1, 0.15) is 23.4 Å². The normalized spacial score (nSPS) is 15.8. The number of hydrogen-bond acceptors (Lipinski definition) is 7. The first-order valence-electron chi connectivity index (χ1n) is 8.86. The molecule has 0 radical (unpaired) electrons. The lowest BCUT2D eigenvalue weighted by Crippen LogP contribution is -2.29. The molecule has 4 heterocycles. The number of thiophene rings is 1. The van der Waals surface area contributed by atoms with Crippen LogP contribution in [0.1, 0.15) is 15.5 Å². The number of aliphatic imine (C=N–C) groups is 1. The number of rotatable bonds is 3. The summed E-state index contributed by atoms with van der Waals surface area (Å²) in [6.45, 7) is 0.837. The van der Waals surface area contributed by atoms with Crippen molar-refractivity contribution in [1.82, 2.24) is 0 Å². The molecule has 0 amide bonds. The predicted octanol–water partition coefficient (Wildman–Crippen LogP) is 4.44. The summed E-state index contributed by atoms with van der Waals surface area (Å²) < 4.78 is 11.4. The van der Waals surface area contributed by atoms with Gasteiger partial charge in [-0.15, -0.1) is 11.3 Å². The van der Waals surface area contributed by atoms with E-state index in [1.165, 1.54) is 11.3 Å². The van der Waals surface area contributed by atoms with Crippen LogP contribution in [0.25, 0.3) is 5.70 Å². The molecule has 0 aliphatic carbocycles. The first-order chi connectivity index (χ1) is 13.8. The van der Waals surface area contributed by atoms with E-state index in [-0.39, 0.29) is 0 Å². The summed E-state index contributed by atoms with van der Waals surface area (Å²) >= 11 is 1.45. The lowest BCUT2D eigenvalue weighted by atomic mass is 10.1. The molecule has 7 heteroatoms. The van der Waals surface area contributed by atoms with Crippen molar-refractivity contribution in [2.24, 2.45) is 4.99 Å². The highest BCUT2D eigenvalue weighted by atomic mass is 32.1. The molecule has 5 rings (SSSR count). The Labute approximate surface area is 166 Å². The molecule has 0 bridgehead atoms. The van der Waals surface area contributed by atoms with Crippen molar-refractivity contribution >= 4 is 34.1 Å². The Bertz CT molecular complexity index is 1120. The summed E-state index contributed by atoms with van der Waals surface area (Å²) in [5, 5.41) is 12.7. The maximum atomic E-state index is 9.23. The predicted molar refractivity (Wildman–Crippen MR) is 109 cm³/mol. The van der Waals surface area contributed by atoms with Crippen molar-refractivity contribution in [3.05, 3.63) is 76.1 Å². The molecule has 1 aromatic carbocycles. The molecule has 2 aliphatic rings. The second-order valence-corrected chi connectivity index (χ2v) is 7.54. The van der Waals surface area contributed by atoms with Gasteiger partial charge in [0.2, 0.25) is 0 Å². The Morgan fingerprint density at radius 3 is 2.93 bits per heavy atom. The fourth-order valence-electron chi connectivity index (χ4n) is 3.35. The van der Waals surface area contributed by atoms with Crippen LogP contribution in [0.4, 0.5) is 11.4 Å². The van der Waals surface area contributed by atoms with E-state index >= 15 is 0 Å². The summed E-state index contributed by atoms with van der Waals surface area (Å²) in [5.74, 6) is 1.65. The summed E-state index contributed by atoms with van der Waals surface area (Å²) in [4.78, 5) is 8.67. The van der Waals surface area contributed by atoms with Gasteiger partial charge >= 0.3 is 0 Å². The Morgan fingerprint density at radius 1 is 1.18 bits per heavy atom. The number of nitriles is 1. The van der Waals surface area contributed by atoms with Crippen LogP contribution in [0.2, 0.25) is 0 Å². The van der Waals surface area contributed by atoms with Crippen LogP contribution in [0.15, 0.2) is 70.0 Å². The summed E-state index contributed by atoms with van der Waals surface area (Å²) in [5.41, 5.74) is 3.78. The number of furan rings is 1. The maximum absolute atomic E-state index is 9.23. The second kappa shape index (κ2) is 7.00. The van der Waals surface area contributed by atoms with E-state index in [1.807, 2.05) is 48.5 Å². The van der Waals surface area contributed by atoms with Crippen molar-refractivity contribution in [2.75, 3.05) is 23.6 Å². The molecular formula is C21H16N4O2S. The van der Waals surface area contributed by atoms with Gasteiger partial charge in [0.05, 0.1) is 40.5 Å². The first-order valence-corrected chi connectivity index (χ1v) is 9.68. The van der Waals surface area contributed by atoms with Crippen molar-refractivity contribution in [2.45, 2.75) is 6.42 Å². The zero-order chi connectivity index (χ0) is 18.9. The van der Waals surface area contributed by atoms with Gasteiger partial charge < -0.3 is 14.5 Å². The number of ether oxygens (including phenoxy) is 1. The second-order valence-electron chi connectivity index (χ2n) is 6.46. The number of hydrogen-bond donors (Lipinski definition) is 1. The number of benzene rings is 1. The molecule has 2 aliphatic heterocycles. The molecular weight excluding hydrogens is 372 g/mol. The highest BCUT2D eigenvalue weighted by Crippen LogP contribution is 2.41. The van der Waals surface area contributed by atoms with Gasteiger partial charge in [-0.2, -0.15) is 5.26 Å². The molecule has 0 spiro atoms. The van der Waals surface area contributed by atoms with Crippen LogP contribution in [-0.4, -0.2) is 19.0 Å². The molecule has 0 saturated carbocycles. The minimum Gasteiger partial charge on any atom is -0.469 e. The van der Waals surface area contributed by atoms with Gasteiger partial charge in [0.25, 0.3) is 0 Å². The Hall–Kier alpha value is -3.34. The summed E-state index contributed by atoms with van der Waals surface area (Å²) in [7, 11) is 0. The third-order valence-electron chi connectivity index (χ3n) is 4.61. The fourth-order valence-corrected chi connectivity index (χ4v) is 4.15. The Kier molecular flexibility index (Phi) is 4.20. The van der Waals surface area contributed by atoms with E-state index < -0.39 is 0 Å². The van der Waals surface area contributed by atoms with Gasteiger partial charge in [-0.25, -0.2) is 4.99 Å². The van der Waals surface area contributed by atoms with E-state index in [9.17, 15) is 5.26 Å². The average Bonchev–Trinajstić information content (AvgIpc) is 3.36. The maximum Gasteiger partial charge on any atom is 0.160 e. The van der Waals surface area contributed by atoms with Crippen LogP contribution < -0.4 is 10.2 Å². The molecule has 2 aromatic heterocycles. The smallest absolute Gasteiger partial charge is 0.160 e. The number of anilines is 2. The molecule has 28 heavy (non-hydrogen) atoms. The van der Waals surface area contributed by atoms with Crippen LogP contribution in [0.5, 0.6) is 0 Å². The van der Waals surface area contributed by atoms with Gasteiger partial charge in [-0.1, -0.05) is 12.1 Å². The lowest BCUT2D eigenvalue weighted by molar-refractivity contribution is 0.179. The average molecular weight is 388 g/mol. The minimum absolute atomic E-state index is 0.402. The monoisotopic (exact) mass is 388 g/mol.